The summed E-state index contributed by atoms with van der Waals surface area (Å²) in [6, 6.07) is 2.11. The summed E-state index contributed by atoms with van der Waals surface area (Å²) in [5.41, 5.74) is -0.128. The van der Waals surface area contributed by atoms with Gasteiger partial charge >= 0.3 is 5.97 Å². The van der Waals surface area contributed by atoms with E-state index in [1.165, 1.54) is 13.0 Å². The standard InChI is InChI=1S/C11H17NO4S2/c1-7(10(13)14)12-18(15,16)9-6-5-8(17-9)11(2,3)4/h5-7,12H,1-4H3,(H,13,14)/t7-/m0/s1. The first kappa shape index (κ1) is 15.1. The van der Waals surface area contributed by atoms with Crippen LogP contribution in [0.25, 0.3) is 0 Å². The Morgan fingerprint density at radius 3 is 2.33 bits per heavy atom. The third-order valence-corrected chi connectivity index (χ3v) is 5.83. The predicted octanol–water partition coefficient (Wildman–Crippen LogP) is 1.80. The summed E-state index contributed by atoms with van der Waals surface area (Å²) in [5, 5.41) is 8.70. The van der Waals surface area contributed by atoms with Crippen LogP contribution in [0.4, 0.5) is 0 Å². The van der Waals surface area contributed by atoms with Gasteiger partial charge in [0.25, 0.3) is 10.0 Å². The fourth-order valence-corrected chi connectivity index (χ4v) is 3.79. The van der Waals surface area contributed by atoms with Gasteiger partial charge in [-0.1, -0.05) is 20.8 Å². The largest absolute Gasteiger partial charge is 0.480 e. The summed E-state index contributed by atoms with van der Waals surface area (Å²) >= 11 is 1.16. The molecule has 0 aromatic carbocycles. The van der Waals surface area contributed by atoms with Crippen molar-refractivity contribution in [3.05, 3.63) is 17.0 Å². The molecule has 1 atom stereocenters. The Morgan fingerprint density at radius 2 is 1.94 bits per heavy atom. The number of carbonyl (C=O) groups is 1. The third-order valence-electron chi connectivity index (χ3n) is 2.29. The van der Waals surface area contributed by atoms with Gasteiger partial charge in [0.1, 0.15) is 10.3 Å². The molecule has 1 heterocycles. The van der Waals surface area contributed by atoms with Crippen molar-refractivity contribution < 1.29 is 18.3 Å². The van der Waals surface area contributed by atoms with E-state index in [4.69, 9.17) is 5.11 Å². The quantitative estimate of drug-likeness (QED) is 0.886. The molecule has 0 amide bonds. The van der Waals surface area contributed by atoms with Crippen molar-refractivity contribution in [3.8, 4) is 0 Å². The fourth-order valence-electron chi connectivity index (χ4n) is 1.21. The Kier molecular flexibility index (Phi) is 4.19. The normalized spacial score (nSPS) is 14.4. The summed E-state index contributed by atoms with van der Waals surface area (Å²) in [6.07, 6.45) is 0. The van der Waals surface area contributed by atoms with Gasteiger partial charge in [-0.25, -0.2) is 8.42 Å². The minimum Gasteiger partial charge on any atom is -0.480 e. The van der Waals surface area contributed by atoms with Crippen LogP contribution in [0, 0.1) is 0 Å². The molecule has 0 fully saturated rings. The highest BCUT2D eigenvalue weighted by atomic mass is 32.2. The zero-order valence-electron chi connectivity index (χ0n) is 10.7. The Balaban J connectivity index is 3.00. The van der Waals surface area contributed by atoms with Crippen molar-refractivity contribution >= 4 is 27.3 Å². The lowest BCUT2D eigenvalue weighted by atomic mass is 9.95. The fraction of sp³-hybridized carbons (Fsp3) is 0.545. The average molecular weight is 291 g/mol. The van der Waals surface area contributed by atoms with Gasteiger partial charge in [-0.3, -0.25) is 4.79 Å². The van der Waals surface area contributed by atoms with E-state index in [0.717, 1.165) is 16.2 Å². The lowest BCUT2D eigenvalue weighted by Gasteiger charge is -2.15. The number of rotatable bonds is 4. The Labute approximate surface area is 111 Å². The molecule has 0 aliphatic rings. The average Bonchev–Trinajstić information content (AvgIpc) is 2.64. The van der Waals surface area contributed by atoms with Gasteiger partial charge in [0, 0.05) is 4.88 Å². The molecule has 2 N–H and O–H groups in total. The van der Waals surface area contributed by atoms with Crippen LogP contribution in [0.2, 0.25) is 0 Å². The van der Waals surface area contributed by atoms with E-state index in [0.29, 0.717) is 0 Å². The van der Waals surface area contributed by atoms with Crippen molar-refractivity contribution in [2.75, 3.05) is 0 Å². The number of carboxylic acids is 1. The Bertz CT molecular complexity index is 540. The maximum Gasteiger partial charge on any atom is 0.321 e. The van der Waals surface area contributed by atoms with Crippen LogP contribution in [-0.4, -0.2) is 25.5 Å². The van der Waals surface area contributed by atoms with Gasteiger partial charge in [-0.15, -0.1) is 11.3 Å². The Hall–Kier alpha value is -0.920. The third kappa shape index (κ3) is 3.54. The second kappa shape index (κ2) is 4.99. The molecule has 18 heavy (non-hydrogen) atoms. The maximum atomic E-state index is 11.9. The number of thiophene rings is 1. The summed E-state index contributed by atoms with van der Waals surface area (Å²) in [7, 11) is -3.76. The number of carboxylic acid groups (broad SMARTS) is 1. The molecule has 0 unspecified atom stereocenters. The number of sulfonamides is 1. The van der Waals surface area contributed by atoms with Crippen molar-refractivity contribution in [1.82, 2.24) is 4.72 Å². The number of hydrogen-bond acceptors (Lipinski definition) is 4. The molecule has 0 saturated heterocycles. The smallest absolute Gasteiger partial charge is 0.321 e. The van der Waals surface area contributed by atoms with Gasteiger partial charge in [-0.2, -0.15) is 4.72 Å². The van der Waals surface area contributed by atoms with Gasteiger partial charge < -0.3 is 5.11 Å². The monoisotopic (exact) mass is 291 g/mol. The zero-order valence-corrected chi connectivity index (χ0v) is 12.4. The highest BCUT2D eigenvalue weighted by Crippen LogP contribution is 2.31. The van der Waals surface area contributed by atoms with Crippen LogP contribution < -0.4 is 4.72 Å². The van der Waals surface area contributed by atoms with E-state index in [1.54, 1.807) is 6.07 Å². The lowest BCUT2D eigenvalue weighted by molar-refractivity contribution is -0.138. The van der Waals surface area contributed by atoms with Gasteiger partial charge in [0.2, 0.25) is 0 Å². The van der Waals surface area contributed by atoms with Crippen LogP contribution in [0.15, 0.2) is 16.3 Å². The summed E-state index contributed by atoms with van der Waals surface area (Å²) < 4.78 is 26.1. The summed E-state index contributed by atoms with van der Waals surface area (Å²) in [6.45, 7) is 7.26. The van der Waals surface area contributed by atoms with E-state index < -0.39 is 22.0 Å². The van der Waals surface area contributed by atoms with Crippen molar-refractivity contribution in [2.24, 2.45) is 0 Å². The number of aliphatic carboxylic acids is 1. The van der Waals surface area contributed by atoms with Crippen molar-refractivity contribution in [2.45, 2.75) is 43.4 Å². The van der Waals surface area contributed by atoms with E-state index >= 15 is 0 Å². The second-order valence-corrected chi connectivity index (χ2v) is 8.07. The molecule has 1 aromatic rings. The molecular formula is C11H17NO4S2. The second-order valence-electron chi connectivity index (χ2n) is 5.05. The Morgan fingerprint density at radius 1 is 1.39 bits per heavy atom. The predicted molar refractivity (Wildman–Crippen MR) is 70.4 cm³/mol. The SMILES string of the molecule is C[C@H](NS(=O)(=O)c1ccc(C(C)(C)C)s1)C(=O)O. The minimum atomic E-state index is -3.76. The highest BCUT2D eigenvalue weighted by molar-refractivity contribution is 7.91. The molecular weight excluding hydrogens is 274 g/mol. The first-order chi connectivity index (χ1) is 8.04. The van der Waals surface area contributed by atoms with E-state index in [1.807, 2.05) is 20.8 Å². The topological polar surface area (TPSA) is 83.5 Å². The molecule has 1 aromatic heterocycles. The van der Waals surface area contributed by atoms with Crippen LogP contribution >= 0.6 is 11.3 Å². The molecule has 0 bridgehead atoms. The zero-order chi connectivity index (χ0) is 14.1. The van der Waals surface area contributed by atoms with Crippen LogP contribution in [0.3, 0.4) is 0 Å². The van der Waals surface area contributed by atoms with E-state index in [-0.39, 0.29) is 9.62 Å². The molecule has 5 nitrogen and oxygen atoms in total. The highest BCUT2D eigenvalue weighted by Gasteiger charge is 2.25. The first-order valence-corrected chi connectivity index (χ1v) is 7.69. The molecule has 0 spiro atoms. The molecule has 0 aliphatic carbocycles. The first-order valence-electron chi connectivity index (χ1n) is 5.39. The van der Waals surface area contributed by atoms with Crippen molar-refractivity contribution in [3.63, 3.8) is 0 Å². The number of hydrogen-bond donors (Lipinski definition) is 2. The maximum absolute atomic E-state index is 11.9. The summed E-state index contributed by atoms with van der Waals surface area (Å²) in [5.74, 6) is -1.20. The van der Waals surface area contributed by atoms with E-state index in [9.17, 15) is 13.2 Å². The molecule has 0 radical (unpaired) electrons. The lowest BCUT2D eigenvalue weighted by Crippen LogP contribution is -2.37. The van der Waals surface area contributed by atoms with Gasteiger partial charge in [-0.05, 0) is 24.5 Å². The van der Waals surface area contributed by atoms with Gasteiger partial charge in [0.05, 0.1) is 0 Å². The molecule has 7 heteroatoms. The van der Waals surface area contributed by atoms with E-state index in [2.05, 4.69) is 4.72 Å². The van der Waals surface area contributed by atoms with Gasteiger partial charge in [0.15, 0.2) is 0 Å². The molecule has 1 rings (SSSR count). The van der Waals surface area contributed by atoms with Crippen LogP contribution in [0.1, 0.15) is 32.6 Å². The van der Waals surface area contributed by atoms with Crippen LogP contribution in [0.5, 0.6) is 0 Å². The summed E-state index contributed by atoms with van der Waals surface area (Å²) in [4.78, 5) is 11.6. The van der Waals surface area contributed by atoms with Crippen molar-refractivity contribution in [1.29, 1.82) is 0 Å². The van der Waals surface area contributed by atoms with Crippen LogP contribution in [-0.2, 0) is 20.2 Å². The molecule has 0 aliphatic heterocycles. The minimum absolute atomic E-state index is 0.128. The number of nitrogens with one attached hydrogen (secondary N) is 1. The molecule has 102 valence electrons. The molecule has 0 saturated carbocycles.